The van der Waals surface area contributed by atoms with E-state index in [0.717, 1.165) is 28.8 Å². The summed E-state index contributed by atoms with van der Waals surface area (Å²) in [5.74, 6) is -2.08. The zero-order valence-electron chi connectivity index (χ0n) is 30.0. The number of aromatic carboxylic acids is 1. The number of hydrogen-bond acceptors (Lipinski definition) is 7. The van der Waals surface area contributed by atoms with Crippen LogP contribution >= 0.6 is 12.6 Å². The second kappa shape index (κ2) is 20.9. The Kier molecular flexibility index (Phi) is 15.5. The maximum atomic E-state index is 12.4. The average Bonchev–Trinajstić information content (AvgIpc) is 3.18. The van der Waals surface area contributed by atoms with E-state index in [1.807, 2.05) is 54.6 Å². The summed E-state index contributed by atoms with van der Waals surface area (Å²) in [6.45, 7) is 0. The maximum Gasteiger partial charge on any atom is 0.416 e. The van der Waals surface area contributed by atoms with Gasteiger partial charge < -0.3 is 47.2 Å². The molecule has 0 saturated carbocycles. The number of anilines is 6. The Balaban J connectivity index is 0.000000194. The van der Waals surface area contributed by atoms with Gasteiger partial charge >= 0.3 is 30.2 Å². The first kappa shape index (κ1) is 43.1. The van der Waals surface area contributed by atoms with Gasteiger partial charge in [0.1, 0.15) is 11.5 Å². The van der Waals surface area contributed by atoms with E-state index >= 15 is 0 Å². The summed E-state index contributed by atoms with van der Waals surface area (Å²) in [5.41, 5.74) is 1.34. The molecule has 0 fully saturated rings. The molecule has 0 aromatic heterocycles. The molecule has 0 heterocycles. The van der Waals surface area contributed by atoms with Gasteiger partial charge in [0.2, 0.25) is 0 Å². The number of phenolic OH excluding ortho intramolecular Hbond substituents is 2. The Morgan fingerprint density at radius 1 is 0.483 bits per heavy atom. The fourth-order valence-corrected chi connectivity index (χ4v) is 4.85. The van der Waals surface area contributed by atoms with Gasteiger partial charge in [0, 0.05) is 22.0 Å². The molecular weight excluding hydrogens is 778 g/mol. The van der Waals surface area contributed by atoms with Gasteiger partial charge in [-0.05, 0) is 84.9 Å². The first-order valence-corrected chi connectivity index (χ1v) is 17.3. The summed E-state index contributed by atoms with van der Waals surface area (Å²) >= 11 is 4.26. The number of carbonyl (C=O) groups excluding carboxylic acids is 3. The van der Waals surface area contributed by atoms with Gasteiger partial charge in [-0.15, -0.1) is 12.6 Å². The van der Waals surface area contributed by atoms with Crippen LogP contribution in [0.5, 0.6) is 11.5 Å². The summed E-state index contributed by atoms with van der Waals surface area (Å²) in [7, 11) is 0. The number of carboxylic acids is 1. The average molecular weight is 813 g/mol. The van der Waals surface area contributed by atoms with Gasteiger partial charge in [-0.2, -0.15) is 13.2 Å². The third-order valence-corrected chi connectivity index (χ3v) is 7.69. The predicted octanol–water partition coefficient (Wildman–Crippen LogP) is 10.4. The van der Waals surface area contributed by atoms with Crippen molar-refractivity contribution in [3.05, 3.63) is 163 Å². The minimum absolute atomic E-state index is 0.101. The van der Waals surface area contributed by atoms with Gasteiger partial charge in [-0.25, -0.2) is 19.2 Å². The summed E-state index contributed by atoms with van der Waals surface area (Å²) in [5, 5.41) is 43.0. The first-order chi connectivity index (χ1) is 27.7. The summed E-state index contributed by atoms with van der Waals surface area (Å²) < 4.78 is 37.3. The number of hydrogen-bond donors (Lipinski definition) is 10. The van der Waals surface area contributed by atoms with E-state index in [0.29, 0.717) is 23.1 Å². The number of phenols is 2. The van der Waals surface area contributed by atoms with E-state index in [2.05, 4.69) is 44.5 Å². The van der Waals surface area contributed by atoms with E-state index < -0.39 is 35.5 Å². The molecule has 0 spiro atoms. The molecule has 0 aliphatic carbocycles. The minimum Gasteiger partial charge on any atom is -0.508 e. The van der Waals surface area contributed by atoms with E-state index in [1.54, 1.807) is 60.7 Å². The molecule has 17 heteroatoms. The number of thiol groups is 1. The molecule has 0 bridgehead atoms. The fourth-order valence-electron chi connectivity index (χ4n) is 4.63. The zero-order valence-corrected chi connectivity index (χ0v) is 30.9. The number of amides is 6. The highest BCUT2D eigenvalue weighted by Gasteiger charge is 2.31. The van der Waals surface area contributed by atoms with E-state index in [4.69, 9.17) is 5.11 Å². The molecule has 6 amide bonds. The van der Waals surface area contributed by atoms with Crippen molar-refractivity contribution in [1.82, 2.24) is 0 Å². The lowest BCUT2D eigenvalue weighted by atomic mass is 10.1. The standard InChI is InChI=1S/C14H11F3N2O2.C14H12N2O4.C13H12N2OS/c15-14(16,17)9-6-7-11(12(20)8-9)19-13(21)18-10-4-2-1-3-5-10;17-10-6-7-12(11(8-10)13(18)19)16-14(20)15-9-4-2-1-3-5-9;16-13(14-10-6-2-1-3-7-10)15-11-8-4-5-9-12(11)17/h1-8,20H,(H2,18,19,21);1-8,17H,(H,18,19)(H2,15,16,20);1-9,17H,(H2,14,15,16). The molecule has 0 aliphatic heterocycles. The molecule has 6 aromatic carbocycles. The van der Waals surface area contributed by atoms with Crippen LogP contribution in [0.15, 0.2) is 157 Å². The van der Waals surface area contributed by atoms with Gasteiger partial charge in [0.15, 0.2) is 0 Å². The number of nitrogens with one attached hydrogen (secondary N) is 6. The monoisotopic (exact) mass is 812 g/mol. The second-order valence-electron chi connectivity index (χ2n) is 11.6. The Morgan fingerprint density at radius 3 is 1.33 bits per heavy atom. The van der Waals surface area contributed by atoms with Crippen LogP contribution in [0.25, 0.3) is 0 Å². The number of carboxylic acid groups (broad SMARTS) is 1. The molecule has 58 heavy (non-hydrogen) atoms. The van der Waals surface area contributed by atoms with Gasteiger partial charge in [-0.3, -0.25) is 0 Å². The van der Waals surface area contributed by atoms with Crippen LogP contribution in [0, 0.1) is 0 Å². The third kappa shape index (κ3) is 14.2. The number of benzene rings is 6. The summed E-state index contributed by atoms with van der Waals surface area (Å²) in [4.78, 5) is 46.9. The molecule has 6 rings (SSSR count). The molecule has 0 aliphatic rings. The predicted molar refractivity (Wildman–Crippen MR) is 219 cm³/mol. The molecule has 0 atom stereocenters. The molecule has 13 nitrogen and oxygen atoms in total. The van der Waals surface area contributed by atoms with Gasteiger partial charge in [-0.1, -0.05) is 66.7 Å². The number of urea groups is 3. The van der Waals surface area contributed by atoms with Crippen LogP contribution in [-0.4, -0.2) is 39.4 Å². The van der Waals surface area contributed by atoms with Crippen molar-refractivity contribution in [2.24, 2.45) is 0 Å². The van der Waals surface area contributed by atoms with Crippen LogP contribution in [0.3, 0.4) is 0 Å². The number of aromatic hydroxyl groups is 2. The van der Waals surface area contributed by atoms with Crippen LogP contribution < -0.4 is 31.9 Å². The minimum atomic E-state index is -4.55. The zero-order chi connectivity index (χ0) is 42.1. The maximum absolute atomic E-state index is 12.4. The molecular formula is C41H35F3N6O7S. The number of halogens is 3. The number of carbonyl (C=O) groups is 4. The van der Waals surface area contributed by atoms with Crippen LogP contribution in [0.4, 0.5) is 61.7 Å². The summed E-state index contributed by atoms with van der Waals surface area (Å²) in [6.07, 6.45) is -4.55. The molecule has 9 N–H and O–H groups in total. The molecule has 0 saturated heterocycles. The van der Waals surface area contributed by atoms with Crippen molar-refractivity contribution in [3.63, 3.8) is 0 Å². The van der Waals surface area contributed by atoms with Crippen molar-refractivity contribution in [2.75, 3.05) is 31.9 Å². The topological polar surface area (TPSA) is 201 Å². The van der Waals surface area contributed by atoms with Crippen molar-refractivity contribution < 1.29 is 47.7 Å². The number of alkyl halides is 3. The van der Waals surface area contributed by atoms with Gasteiger partial charge in [0.25, 0.3) is 0 Å². The Morgan fingerprint density at radius 2 is 0.897 bits per heavy atom. The Bertz CT molecular complexity index is 2320. The highest BCUT2D eigenvalue weighted by atomic mass is 32.1. The van der Waals surface area contributed by atoms with Crippen LogP contribution in [0.2, 0.25) is 0 Å². The molecule has 6 aromatic rings. The van der Waals surface area contributed by atoms with E-state index in [9.17, 15) is 42.6 Å². The van der Waals surface area contributed by atoms with Crippen molar-refractivity contribution in [2.45, 2.75) is 11.1 Å². The molecule has 298 valence electrons. The van der Waals surface area contributed by atoms with Crippen molar-refractivity contribution >= 4 is 70.8 Å². The highest BCUT2D eigenvalue weighted by Crippen LogP contribution is 2.34. The SMILES string of the molecule is O=C(Nc1ccccc1)Nc1ccc(C(F)(F)F)cc1O.O=C(Nc1ccccc1)Nc1ccc(O)cc1C(=O)O.O=C(Nc1ccccc1)Nc1ccccc1S. The normalized spacial score (nSPS) is 10.2. The molecule has 0 radical (unpaired) electrons. The lowest BCUT2D eigenvalue weighted by molar-refractivity contribution is -0.137. The van der Waals surface area contributed by atoms with Crippen molar-refractivity contribution in [1.29, 1.82) is 0 Å². The largest absolute Gasteiger partial charge is 0.508 e. The van der Waals surface area contributed by atoms with E-state index in [1.165, 1.54) is 12.1 Å². The number of rotatable bonds is 7. The van der Waals surface area contributed by atoms with Crippen LogP contribution in [-0.2, 0) is 6.18 Å². The third-order valence-electron chi connectivity index (χ3n) is 7.30. The quantitative estimate of drug-likeness (QED) is 0.0429. The summed E-state index contributed by atoms with van der Waals surface area (Å²) in [6, 6.07) is 38.3. The lowest BCUT2D eigenvalue weighted by Crippen LogP contribution is -2.20. The first-order valence-electron chi connectivity index (χ1n) is 16.8. The van der Waals surface area contributed by atoms with Crippen molar-refractivity contribution in [3.8, 4) is 11.5 Å². The molecule has 0 unspecified atom stereocenters. The second-order valence-corrected chi connectivity index (χ2v) is 12.1. The van der Waals surface area contributed by atoms with Gasteiger partial charge in [0.05, 0.1) is 28.2 Å². The highest BCUT2D eigenvalue weighted by molar-refractivity contribution is 7.80. The van der Waals surface area contributed by atoms with E-state index in [-0.39, 0.29) is 28.7 Å². The Labute approximate surface area is 335 Å². The number of para-hydroxylation sites is 4. The lowest BCUT2D eigenvalue weighted by Gasteiger charge is -2.11. The Hall–Kier alpha value is -7.66. The van der Waals surface area contributed by atoms with Crippen LogP contribution in [0.1, 0.15) is 15.9 Å². The smallest absolute Gasteiger partial charge is 0.416 e. The fraction of sp³-hybridized carbons (Fsp3) is 0.0244.